The molecule has 0 saturated carbocycles. The Morgan fingerprint density at radius 1 is 1.07 bits per heavy atom. The van der Waals surface area contributed by atoms with Gasteiger partial charge in [0.15, 0.2) is 6.61 Å². The third-order valence-corrected chi connectivity index (χ3v) is 5.69. The van der Waals surface area contributed by atoms with Crippen molar-refractivity contribution >= 4 is 40.7 Å². The number of ether oxygens (including phenoxy) is 2. The summed E-state index contributed by atoms with van der Waals surface area (Å²) in [6.45, 7) is 4.22. The molecule has 1 aliphatic heterocycles. The summed E-state index contributed by atoms with van der Waals surface area (Å²) >= 11 is 17.8. The topological polar surface area (TPSA) is 50.8 Å². The van der Waals surface area contributed by atoms with E-state index in [1.54, 1.807) is 42.5 Å². The van der Waals surface area contributed by atoms with Gasteiger partial charge in [0.1, 0.15) is 11.5 Å². The number of rotatable bonds is 10. The highest BCUT2D eigenvalue weighted by Gasteiger charge is 2.22. The molecule has 0 bridgehead atoms. The fourth-order valence-electron chi connectivity index (χ4n) is 3.33. The van der Waals surface area contributed by atoms with Crippen LogP contribution in [0, 0.1) is 5.92 Å². The molecule has 5 nitrogen and oxygen atoms in total. The lowest BCUT2D eigenvalue weighted by Crippen LogP contribution is -2.34. The van der Waals surface area contributed by atoms with E-state index >= 15 is 0 Å². The van der Waals surface area contributed by atoms with E-state index in [2.05, 4.69) is 10.2 Å². The van der Waals surface area contributed by atoms with Gasteiger partial charge in [-0.3, -0.25) is 4.79 Å². The Morgan fingerprint density at radius 3 is 2.60 bits per heavy atom. The molecule has 0 radical (unpaired) electrons. The van der Waals surface area contributed by atoms with Gasteiger partial charge in [-0.1, -0.05) is 34.8 Å². The standard InChI is InChI=1S/C22H25Cl3N2O3/c23-17-2-5-19(6-3-17)30-15-22(28)26-13-16-8-10-27(14-16)9-1-11-29-21-7-4-18(24)12-20(21)25/h2-7,12,16H,1,8-11,13-15H2,(H,26,28). The van der Waals surface area contributed by atoms with Gasteiger partial charge in [0, 0.05) is 29.7 Å². The van der Waals surface area contributed by atoms with Crippen molar-refractivity contribution in [2.75, 3.05) is 39.4 Å². The van der Waals surface area contributed by atoms with Crippen LogP contribution in [-0.4, -0.2) is 50.2 Å². The quantitative estimate of drug-likeness (QED) is 0.499. The number of likely N-dealkylation sites (tertiary alicyclic amines) is 1. The van der Waals surface area contributed by atoms with E-state index in [4.69, 9.17) is 44.3 Å². The number of benzene rings is 2. The number of nitrogens with one attached hydrogen (secondary N) is 1. The average molecular weight is 472 g/mol. The monoisotopic (exact) mass is 470 g/mol. The van der Waals surface area contributed by atoms with Crippen LogP contribution in [0.5, 0.6) is 11.5 Å². The molecule has 0 aliphatic carbocycles. The lowest BCUT2D eigenvalue weighted by atomic mass is 10.1. The van der Waals surface area contributed by atoms with Gasteiger partial charge in [0.05, 0.1) is 11.6 Å². The van der Waals surface area contributed by atoms with Crippen LogP contribution in [0.25, 0.3) is 0 Å². The lowest BCUT2D eigenvalue weighted by molar-refractivity contribution is -0.123. The predicted molar refractivity (Wildman–Crippen MR) is 121 cm³/mol. The molecule has 0 aromatic heterocycles. The van der Waals surface area contributed by atoms with E-state index in [0.29, 0.717) is 45.6 Å². The maximum atomic E-state index is 12.0. The van der Waals surface area contributed by atoms with Crippen LogP contribution in [0.15, 0.2) is 42.5 Å². The molecule has 2 aromatic carbocycles. The Hall–Kier alpha value is -1.66. The molecule has 1 saturated heterocycles. The molecule has 0 spiro atoms. The first kappa shape index (κ1) is 23.0. The Bertz CT molecular complexity index is 833. The Morgan fingerprint density at radius 2 is 1.83 bits per heavy atom. The normalized spacial score (nSPS) is 16.4. The van der Waals surface area contributed by atoms with Gasteiger partial charge in [-0.05, 0) is 67.8 Å². The minimum Gasteiger partial charge on any atom is -0.492 e. The summed E-state index contributed by atoms with van der Waals surface area (Å²) in [5, 5.41) is 4.72. The van der Waals surface area contributed by atoms with Crippen LogP contribution in [0.3, 0.4) is 0 Å². The highest BCUT2D eigenvalue weighted by Crippen LogP contribution is 2.27. The number of carbonyl (C=O) groups excluding carboxylic acids is 1. The lowest BCUT2D eigenvalue weighted by Gasteiger charge is -2.17. The Labute approximate surface area is 192 Å². The van der Waals surface area contributed by atoms with E-state index in [1.807, 2.05) is 0 Å². The van der Waals surface area contributed by atoms with Gasteiger partial charge in [-0.25, -0.2) is 0 Å². The number of nitrogens with zero attached hydrogens (tertiary/aromatic N) is 1. The molecule has 2 aromatic rings. The van der Waals surface area contributed by atoms with Gasteiger partial charge >= 0.3 is 0 Å². The smallest absolute Gasteiger partial charge is 0.257 e. The molecule has 8 heteroatoms. The van der Waals surface area contributed by atoms with E-state index < -0.39 is 0 Å². The van der Waals surface area contributed by atoms with Crippen LogP contribution in [-0.2, 0) is 4.79 Å². The maximum absolute atomic E-state index is 12.0. The van der Waals surface area contributed by atoms with Crippen molar-refractivity contribution < 1.29 is 14.3 Å². The second-order valence-electron chi connectivity index (χ2n) is 7.28. The fourth-order valence-corrected chi connectivity index (χ4v) is 3.92. The molecule has 3 rings (SSSR count). The van der Waals surface area contributed by atoms with Crippen molar-refractivity contribution in [2.24, 2.45) is 5.92 Å². The Balaban J connectivity index is 1.27. The first-order chi connectivity index (χ1) is 14.5. The van der Waals surface area contributed by atoms with Crippen LogP contribution < -0.4 is 14.8 Å². The molecule has 30 heavy (non-hydrogen) atoms. The molecular weight excluding hydrogens is 447 g/mol. The molecule has 1 unspecified atom stereocenters. The summed E-state index contributed by atoms with van der Waals surface area (Å²) in [4.78, 5) is 14.4. The predicted octanol–water partition coefficient (Wildman–Crippen LogP) is 4.93. The fraction of sp³-hybridized carbons (Fsp3) is 0.409. The largest absolute Gasteiger partial charge is 0.492 e. The summed E-state index contributed by atoms with van der Waals surface area (Å²) in [6.07, 6.45) is 1.98. The molecule has 1 amide bonds. The zero-order chi connectivity index (χ0) is 21.3. The number of hydrogen-bond donors (Lipinski definition) is 1. The number of carbonyl (C=O) groups is 1. The highest BCUT2D eigenvalue weighted by atomic mass is 35.5. The van der Waals surface area contributed by atoms with Gasteiger partial charge in [-0.15, -0.1) is 0 Å². The number of hydrogen-bond acceptors (Lipinski definition) is 4. The summed E-state index contributed by atoms with van der Waals surface area (Å²) in [5.74, 6) is 1.63. The second-order valence-corrected chi connectivity index (χ2v) is 8.56. The number of halogens is 3. The van der Waals surface area contributed by atoms with Crippen molar-refractivity contribution in [3.05, 3.63) is 57.5 Å². The van der Waals surface area contributed by atoms with Crippen molar-refractivity contribution in [1.82, 2.24) is 10.2 Å². The third-order valence-electron chi connectivity index (χ3n) is 4.91. The molecule has 1 aliphatic rings. The van der Waals surface area contributed by atoms with Crippen LogP contribution in [0.4, 0.5) is 0 Å². The summed E-state index contributed by atoms with van der Waals surface area (Å²) in [5.41, 5.74) is 0. The van der Waals surface area contributed by atoms with Gasteiger partial charge < -0.3 is 19.7 Å². The van der Waals surface area contributed by atoms with E-state index in [0.717, 1.165) is 32.5 Å². The van der Waals surface area contributed by atoms with Gasteiger partial charge in [0.2, 0.25) is 0 Å². The summed E-state index contributed by atoms with van der Waals surface area (Å²) in [7, 11) is 0. The minimum atomic E-state index is -0.114. The van der Waals surface area contributed by atoms with Crippen molar-refractivity contribution in [2.45, 2.75) is 12.8 Å². The summed E-state index contributed by atoms with van der Waals surface area (Å²) in [6, 6.07) is 12.2. The highest BCUT2D eigenvalue weighted by molar-refractivity contribution is 6.35. The molecule has 1 heterocycles. The van der Waals surface area contributed by atoms with Crippen LogP contribution in [0.2, 0.25) is 15.1 Å². The SMILES string of the molecule is O=C(COc1ccc(Cl)cc1)NCC1CCN(CCCOc2ccc(Cl)cc2Cl)C1. The Kier molecular flexibility index (Phi) is 8.94. The zero-order valence-corrected chi connectivity index (χ0v) is 18.8. The van der Waals surface area contributed by atoms with E-state index in [1.165, 1.54) is 0 Å². The number of amides is 1. The average Bonchev–Trinajstić information content (AvgIpc) is 3.18. The van der Waals surface area contributed by atoms with Gasteiger partial charge in [-0.2, -0.15) is 0 Å². The van der Waals surface area contributed by atoms with Crippen LogP contribution in [0.1, 0.15) is 12.8 Å². The molecule has 1 atom stereocenters. The zero-order valence-electron chi connectivity index (χ0n) is 16.6. The maximum Gasteiger partial charge on any atom is 0.257 e. The first-order valence-corrected chi connectivity index (χ1v) is 11.1. The molecular formula is C22H25Cl3N2O3. The van der Waals surface area contributed by atoms with E-state index in [-0.39, 0.29) is 12.5 Å². The van der Waals surface area contributed by atoms with Crippen molar-refractivity contribution in [3.8, 4) is 11.5 Å². The molecule has 1 N–H and O–H groups in total. The minimum absolute atomic E-state index is 0.00264. The summed E-state index contributed by atoms with van der Waals surface area (Å²) < 4.78 is 11.2. The van der Waals surface area contributed by atoms with E-state index in [9.17, 15) is 4.79 Å². The third kappa shape index (κ3) is 7.55. The van der Waals surface area contributed by atoms with Crippen molar-refractivity contribution in [1.29, 1.82) is 0 Å². The van der Waals surface area contributed by atoms with Crippen molar-refractivity contribution in [3.63, 3.8) is 0 Å². The van der Waals surface area contributed by atoms with Crippen LogP contribution >= 0.6 is 34.8 Å². The molecule has 1 fully saturated rings. The second kappa shape index (κ2) is 11.7. The molecule has 162 valence electrons. The van der Waals surface area contributed by atoms with Gasteiger partial charge in [0.25, 0.3) is 5.91 Å². The first-order valence-electron chi connectivity index (χ1n) is 9.95.